The van der Waals surface area contributed by atoms with Gasteiger partial charge in [0.25, 0.3) is 0 Å². The lowest BCUT2D eigenvalue weighted by Crippen LogP contribution is -2.03. The number of hydrogen-bond acceptors (Lipinski definition) is 3. The van der Waals surface area contributed by atoms with Gasteiger partial charge in [-0.05, 0) is 24.6 Å². The maximum atomic E-state index is 5.81. The van der Waals surface area contributed by atoms with Gasteiger partial charge in [0.1, 0.15) is 11.8 Å². The Morgan fingerprint density at radius 1 is 1.00 bits per heavy atom. The molecule has 0 spiro atoms. The highest BCUT2D eigenvalue weighted by atomic mass is 32.2. The highest BCUT2D eigenvalue weighted by Crippen LogP contribution is 2.29. The zero-order valence-electron chi connectivity index (χ0n) is 12.5. The Labute approximate surface area is 135 Å². The predicted octanol–water partition coefficient (Wildman–Crippen LogP) is 4.52. The normalized spacial score (nSPS) is 10.8. The minimum atomic E-state index is 0.505. The Balaban J connectivity index is 1.64. The van der Waals surface area contributed by atoms with E-state index in [1.165, 1.54) is 10.5 Å². The minimum absolute atomic E-state index is 0.505. The molecule has 0 unspecified atom stereocenters. The zero-order valence-corrected chi connectivity index (χ0v) is 13.3. The molecule has 0 saturated heterocycles. The third-order valence-electron chi connectivity index (χ3n) is 3.26. The van der Waals surface area contributed by atoms with E-state index in [-0.39, 0.29) is 0 Å². The van der Waals surface area contributed by atoms with E-state index in [4.69, 9.17) is 4.74 Å². The fraction of sp³-hybridized carbons (Fsp3) is 0.167. The van der Waals surface area contributed by atoms with Gasteiger partial charge in [-0.3, -0.25) is 0 Å². The van der Waals surface area contributed by atoms with Gasteiger partial charge in [-0.15, -0.1) is 0 Å². The van der Waals surface area contributed by atoms with Gasteiger partial charge in [0.05, 0.1) is 18.6 Å². The van der Waals surface area contributed by atoms with Crippen LogP contribution in [0.2, 0.25) is 0 Å². The van der Waals surface area contributed by atoms with Crippen LogP contribution in [0.4, 0.5) is 0 Å². The molecular formula is C18H18N2OS. The van der Waals surface area contributed by atoms with Gasteiger partial charge in [-0.2, -0.15) is 0 Å². The van der Waals surface area contributed by atoms with Crippen LogP contribution in [0.1, 0.15) is 11.3 Å². The van der Waals surface area contributed by atoms with Gasteiger partial charge >= 0.3 is 0 Å². The van der Waals surface area contributed by atoms with E-state index >= 15 is 0 Å². The first-order valence-corrected chi connectivity index (χ1v) is 8.01. The Hall–Kier alpha value is -2.04. The quantitative estimate of drug-likeness (QED) is 0.670. The second-order valence-electron chi connectivity index (χ2n) is 4.98. The molecule has 2 aromatic carbocycles. The van der Waals surface area contributed by atoms with Crippen LogP contribution in [0.25, 0.3) is 0 Å². The summed E-state index contributed by atoms with van der Waals surface area (Å²) in [4.78, 5) is 5.60. The van der Waals surface area contributed by atoms with Crippen molar-refractivity contribution in [1.82, 2.24) is 9.55 Å². The number of rotatable bonds is 6. The topological polar surface area (TPSA) is 27.1 Å². The molecule has 1 heterocycles. The van der Waals surface area contributed by atoms with Gasteiger partial charge in [0, 0.05) is 4.90 Å². The molecule has 0 aliphatic rings. The molecule has 0 bridgehead atoms. The van der Waals surface area contributed by atoms with Crippen molar-refractivity contribution in [2.24, 2.45) is 0 Å². The van der Waals surface area contributed by atoms with Crippen LogP contribution in [-0.4, -0.2) is 9.55 Å². The summed E-state index contributed by atoms with van der Waals surface area (Å²) in [5, 5.41) is 1.12. The highest BCUT2D eigenvalue weighted by molar-refractivity contribution is 7.99. The van der Waals surface area contributed by atoms with Crippen LogP contribution in [-0.2, 0) is 18.1 Å². The number of imidazole rings is 1. The van der Waals surface area contributed by atoms with E-state index in [0.717, 1.165) is 10.7 Å². The summed E-state index contributed by atoms with van der Waals surface area (Å²) in [5.41, 5.74) is 2.20. The fourth-order valence-corrected chi connectivity index (χ4v) is 3.07. The molecule has 0 amide bonds. The van der Waals surface area contributed by atoms with Gasteiger partial charge in [-0.1, -0.05) is 60.3 Å². The molecule has 112 valence electrons. The molecular weight excluding hydrogens is 292 g/mol. The van der Waals surface area contributed by atoms with Crippen molar-refractivity contribution in [2.75, 3.05) is 0 Å². The van der Waals surface area contributed by atoms with Gasteiger partial charge in [0.2, 0.25) is 0 Å². The summed E-state index contributed by atoms with van der Waals surface area (Å²) in [5.74, 6) is 0. The van der Waals surface area contributed by atoms with Crippen LogP contribution in [0.5, 0.6) is 0 Å². The first kappa shape index (κ1) is 14.9. The molecule has 22 heavy (non-hydrogen) atoms. The first-order chi connectivity index (χ1) is 10.8. The van der Waals surface area contributed by atoms with Crippen molar-refractivity contribution in [1.29, 1.82) is 0 Å². The van der Waals surface area contributed by atoms with Crippen molar-refractivity contribution in [3.05, 3.63) is 78.2 Å². The van der Waals surface area contributed by atoms with Crippen LogP contribution >= 0.6 is 11.8 Å². The number of aryl methyl sites for hydroxylation is 1. The van der Waals surface area contributed by atoms with Crippen LogP contribution in [0, 0.1) is 6.92 Å². The van der Waals surface area contributed by atoms with E-state index in [9.17, 15) is 0 Å². The average molecular weight is 310 g/mol. The summed E-state index contributed by atoms with van der Waals surface area (Å²) in [6, 6.07) is 20.5. The second kappa shape index (κ2) is 7.29. The zero-order chi connectivity index (χ0) is 15.2. The lowest BCUT2D eigenvalue weighted by Gasteiger charge is -2.10. The van der Waals surface area contributed by atoms with E-state index in [1.807, 2.05) is 49.6 Å². The minimum Gasteiger partial charge on any atom is -0.356 e. The van der Waals surface area contributed by atoms with Crippen molar-refractivity contribution in [3.63, 3.8) is 0 Å². The molecule has 3 nitrogen and oxygen atoms in total. The molecule has 4 heteroatoms. The van der Waals surface area contributed by atoms with Gasteiger partial charge in [-0.25, -0.2) is 4.98 Å². The second-order valence-corrected chi connectivity index (χ2v) is 6.05. The largest absolute Gasteiger partial charge is 0.356 e. The summed E-state index contributed by atoms with van der Waals surface area (Å²) in [6.07, 6.45) is 1.84. The fourth-order valence-electron chi connectivity index (χ4n) is 2.13. The molecule has 0 atom stereocenters. The summed E-state index contributed by atoms with van der Waals surface area (Å²) >= 11 is 1.71. The Morgan fingerprint density at radius 2 is 1.68 bits per heavy atom. The summed E-state index contributed by atoms with van der Waals surface area (Å²) in [7, 11) is 0. The molecule has 0 aliphatic heterocycles. The lowest BCUT2D eigenvalue weighted by molar-refractivity contribution is 0.0591. The maximum Gasteiger partial charge on any atom is 0.125 e. The number of ether oxygens (including phenoxy) is 1. The molecule has 0 saturated carbocycles. The summed E-state index contributed by atoms with van der Waals surface area (Å²) < 4.78 is 7.86. The van der Waals surface area contributed by atoms with Crippen molar-refractivity contribution < 1.29 is 4.74 Å². The van der Waals surface area contributed by atoms with Crippen LogP contribution in [0.15, 0.2) is 76.9 Å². The Morgan fingerprint density at radius 3 is 2.41 bits per heavy atom. The molecule has 0 aliphatic carbocycles. The highest BCUT2D eigenvalue weighted by Gasteiger charge is 2.09. The molecule has 1 aromatic heterocycles. The monoisotopic (exact) mass is 310 g/mol. The number of nitrogens with zero attached hydrogens (tertiary/aromatic N) is 2. The Kier molecular flexibility index (Phi) is 4.93. The van der Waals surface area contributed by atoms with Crippen LogP contribution < -0.4 is 0 Å². The van der Waals surface area contributed by atoms with Gasteiger partial charge < -0.3 is 9.30 Å². The number of hydrogen-bond donors (Lipinski definition) is 0. The molecule has 0 N–H and O–H groups in total. The number of benzene rings is 2. The Bertz CT molecular complexity index is 710. The number of aromatic nitrogens is 2. The third-order valence-corrected chi connectivity index (χ3v) is 4.49. The van der Waals surface area contributed by atoms with E-state index in [0.29, 0.717) is 13.3 Å². The van der Waals surface area contributed by atoms with Crippen LogP contribution in [0.3, 0.4) is 0 Å². The smallest absolute Gasteiger partial charge is 0.125 e. The standard InChI is InChI=1S/C18H18N2OS/c1-15-18(22-17-10-6-3-7-11-17)20(13-19-15)14-21-12-16-8-4-2-5-9-16/h2-11,13H,12,14H2,1H3. The van der Waals surface area contributed by atoms with Gasteiger partial charge in [0.15, 0.2) is 0 Å². The molecule has 0 fully saturated rings. The third kappa shape index (κ3) is 3.78. The maximum absolute atomic E-state index is 5.81. The first-order valence-electron chi connectivity index (χ1n) is 7.19. The molecule has 0 radical (unpaired) electrons. The van der Waals surface area contributed by atoms with Crippen molar-refractivity contribution >= 4 is 11.8 Å². The predicted molar refractivity (Wildman–Crippen MR) is 88.8 cm³/mol. The van der Waals surface area contributed by atoms with E-state index in [2.05, 4.69) is 33.8 Å². The lowest BCUT2D eigenvalue weighted by atomic mass is 10.2. The van der Waals surface area contributed by atoms with E-state index in [1.54, 1.807) is 11.8 Å². The van der Waals surface area contributed by atoms with Crippen molar-refractivity contribution in [2.45, 2.75) is 30.2 Å². The molecule has 3 aromatic rings. The van der Waals surface area contributed by atoms with Crippen molar-refractivity contribution in [3.8, 4) is 0 Å². The summed E-state index contributed by atoms with van der Waals surface area (Å²) in [6.45, 7) is 3.14. The molecule has 3 rings (SSSR count). The van der Waals surface area contributed by atoms with E-state index < -0.39 is 0 Å². The average Bonchev–Trinajstić information content (AvgIpc) is 2.90. The SMILES string of the molecule is Cc1ncn(COCc2ccccc2)c1Sc1ccccc1.